The van der Waals surface area contributed by atoms with E-state index in [9.17, 15) is 0 Å². The number of fused-ring (bicyclic) bond motifs is 1. The van der Waals surface area contributed by atoms with Crippen molar-refractivity contribution in [3.63, 3.8) is 0 Å². The van der Waals surface area contributed by atoms with Gasteiger partial charge in [0.1, 0.15) is 16.5 Å². The molecule has 1 unspecified atom stereocenters. The van der Waals surface area contributed by atoms with Gasteiger partial charge in [0.25, 0.3) is 0 Å². The molecule has 3 N–H and O–H groups in total. The lowest BCUT2D eigenvalue weighted by atomic mass is 10.2. The second kappa shape index (κ2) is 6.30. The molecular weight excluding hydrogens is 350 g/mol. The van der Waals surface area contributed by atoms with Crippen LogP contribution < -0.4 is 11.1 Å². The zero-order valence-electron chi connectivity index (χ0n) is 14.5. The minimum Gasteiger partial charge on any atom is -0.374 e. The molecule has 26 heavy (non-hydrogen) atoms. The van der Waals surface area contributed by atoms with E-state index in [0.29, 0.717) is 22.5 Å². The van der Waals surface area contributed by atoms with Gasteiger partial charge in [-0.3, -0.25) is 9.67 Å². The Hall–Kier alpha value is -3.14. The highest BCUT2D eigenvalue weighted by Crippen LogP contribution is 2.30. The standard InChI is InChI=1S/C16H17N9S/c1-8-11-13(19-9(2)15-22-23-16(17)26-15)20-12(10-6-4-5-7-18-10)21-14(11)25(3)24-8/h4-7,9H,1-3H3,(H2,17,23)(H,19,20,21). The number of nitrogens with two attached hydrogens (primary N) is 1. The monoisotopic (exact) mass is 367 g/mol. The van der Waals surface area contributed by atoms with E-state index in [1.807, 2.05) is 39.1 Å². The molecule has 0 bridgehead atoms. The van der Waals surface area contributed by atoms with Crippen molar-refractivity contribution in [2.24, 2.45) is 7.05 Å². The number of aromatic nitrogens is 7. The number of rotatable bonds is 4. The predicted octanol–water partition coefficient (Wildman–Crippen LogP) is 2.34. The number of hydrogen-bond donors (Lipinski definition) is 2. The van der Waals surface area contributed by atoms with Crippen molar-refractivity contribution in [3.05, 3.63) is 35.1 Å². The van der Waals surface area contributed by atoms with Crippen LogP contribution in [0, 0.1) is 6.92 Å². The molecule has 0 aliphatic rings. The van der Waals surface area contributed by atoms with Gasteiger partial charge in [-0.2, -0.15) is 5.10 Å². The highest BCUT2D eigenvalue weighted by atomic mass is 32.1. The minimum absolute atomic E-state index is 0.112. The van der Waals surface area contributed by atoms with Crippen LogP contribution in [0.5, 0.6) is 0 Å². The van der Waals surface area contributed by atoms with Crippen molar-refractivity contribution in [2.45, 2.75) is 19.9 Å². The van der Waals surface area contributed by atoms with Crippen LogP contribution >= 0.6 is 11.3 Å². The van der Waals surface area contributed by atoms with Gasteiger partial charge in [0, 0.05) is 13.2 Å². The summed E-state index contributed by atoms with van der Waals surface area (Å²) < 4.78 is 1.75. The number of pyridine rings is 1. The largest absolute Gasteiger partial charge is 0.374 e. The first-order valence-corrected chi connectivity index (χ1v) is 8.82. The summed E-state index contributed by atoms with van der Waals surface area (Å²) in [6.07, 6.45) is 1.72. The summed E-state index contributed by atoms with van der Waals surface area (Å²) in [5.41, 5.74) is 7.99. The molecule has 4 aromatic heterocycles. The van der Waals surface area contributed by atoms with Gasteiger partial charge in [-0.05, 0) is 26.0 Å². The number of hydrogen-bond acceptors (Lipinski definition) is 9. The van der Waals surface area contributed by atoms with Crippen LogP contribution in [0.25, 0.3) is 22.6 Å². The molecule has 0 saturated carbocycles. The van der Waals surface area contributed by atoms with Gasteiger partial charge in [0.2, 0.25) is 5.13 Å². The third-order valence-corrected chi connectivity index (χ3v) is 4.87. The predicted molar refractivity (Wildman–Crippen MR) is 101 cm³/mol. The Morgan fingerprint density at radius 2 is 2.08 bits per heavy atom. The third-order valence-electron chi connectivity index (χ3n) is 3.93. The van der Waals surface area contributed by atoms with Gasteiger partial charge < -0.3 is 11.1 Å². The average Bonchev–Trinajstić information content (AvgIpc) is 3.19. The van der Waals surface area contributed by atoms with E-state index in [1.54, 1.807) is 10.9 Å². The van der Waals surface area contributed by atoms with Gasteiger partial charge in [0.15, 0.2) is 11.5 Å². The summed E-state index contributed by atoms with van der Waals surface area (Å²) >= 11 is 1.35. The summed E-state index contributed by atoms with van der Waals surface area (Å²) in [4.78, 5) is 13.7. The first kappa shape index (κ1) is 16.3. The summed E-state index contributed by atoms with van der Waals surface area (Å²) in [6, 6.07) is 5.53. The normalized spacial score (nSPS) is 12.4. The van der Waals surface area contributed by atoms with Crippen molar-refractivity contribution < 1.29 is 0 Å². The lowest BCUT2D eigenvalue weighted by Gasteiger charge is -2.13. The fourth-order valence-corrected chi connectivity index (χ4v) is 3.35. The molecule has 4 heterocycles. The van der Waals surface area contributed by atoms with Crippen LogP contribution in [0.3, 0.4) is 0 Å². The van der Waals surface area contributed by atoms with E-state index < -0.39 is 0 Å². The number of nitrogens with zero attached hydrogens (tertiary/aromatic N) is 7. The molecule has 0 amide bonds. The zero-order valence-corrected chi connectivity index (χ0v) is 15.3. The summed E-state index contributed by atoms with van der Waals surface area (Å²) in [5, 5.41) is 18.0. The smallest absolute Gasteiger partial charge is 0.203 e. The van der Waals surface area contributed by atoms with Crippen LogP contribution in [0.1, 0.15) is 23.7 Å². The maximum atomic E-state index is 5.70. The maximum Gasteiger partial charge on any atom is 0.203 e. The Kier molecular flexibility index (Phi) is 3.96. The molecule has 0 spiro atoms. The third kappa shape index (κ3) is 2.84. The fourth-order valence-electron chi connectivity index (χ4n) is 2.74. The van der Waals surface area contributed by atoms with Gasteiger partial charge in [0.05, 0.1) is 17.1 Å². The van der Waals surface area contributed by atoms with Gasteiger partial charge in [-0.15, -0.1) is 10.2 Å². The fraction of sp³-hybridized carbons (Fsp3) is 0.250. The summed E-state index contributed by atoms with van der Waals surface area (Å²) in [7, 11) is 1.86. The van der Waals surface area contributed by atoms with Crippen molar-refractivity contribution in [3.8, 4) is 11.5 Å². The van der Waals surface area contributed by atoms with Crippen LogP contribution in [0.15, 0.2) is 24.4 Å². The molecule has 0 radical (unpaired) electrons. The van der Waals surface area contributed by atoms with Crippen LogP contribution in [0.4, 0.5) is 10.9 Å². The highest BCUT2D eigenvalue weighted by Gasteiger charge is 2.19. The molecule has 10 heteroatoms. The Labute approximate surface area is 153 Å². The second-order valence-corrected chi connectivity index (χ2v) is 6.90. The Morgan fingerprint density at radius 1 is 1.23 bits per heavy atom. The molecular formula is C16H17N9S. The molecule has 0 saturated heterocycles. The lowest BCUT2D eigenvalue weighted by Crippen LogP contribution is -2.10. The Morgan fingerprint density at radius 3 is 2.77 bits per heavy atom. The number of aryl methyl sites for hydroxylation is 2. The molecule has 0 fully saturated rings. The molecule has 4 aromatic rings. The van der Waals surface area contributed by atoms with Crippen molar-refractivity contribution in [1.29, 1.82) is 0 Å². The van der Waals surface area contributed by atoms with Crippen molar-refractivity contribution in [2.75, 3.05) is 11.1 Å². The van der Waals surface area contributed by atoms with E-state index in [0.717, 1.165) is 21.7 Å². The average molecular weight is 367 g/mol. The molecule has 9 nitrogen and oxygen atoms in total. The first-order chi connectivity index (χ1) is 12.5. The van der Waals surface area contributed by atoms with E-state index in [4.69, 9.17) is 10.7 Å². The molecule has 4 rings (SSSR count). The summed E-state index contributed by atoms with van der Waals surface area (Å²) in [5.74, 6) is 1.22. The topological polar surface area (TPSA) is 120 Å². The molecule has 0 aliphatic carbocycles. The van der Waals surface area contributed by atoms with E-state index in [2.05, 4.69) is 30.6 Å². The second-order valence-electron chi connectivity index (χ2n) is 5.86. The van der Waals surface area contributed by atoms with Gasteiger partial charge in [-0.1, -0.05) is 17.4 Å². The van der Waals surface area contributed by atoms with Crippen LogP contribution in [-0.4, -0.2) is 34.9 Å². The Bertz CT molecular complexity index is 1070. The Balaban J connectivity index is 1.84. The van der Waals surface area contributed by atoms with Crippen molar-refractivity contribution >= 4 is 33.3 Å². The SMILES string of the molecule is Cc1nn(C)c2nc(-c3ccccn3)nc(NC(C)c3nnc(N)s3)c12. The number of nitrogen functional groups attached to an aromatic ring is 1. The van der Waals surface area contributed by atoms with Gasteiger partial charge in [-0.25, -0.2) is 9.97 Å². The number of anilines is 2. The van der Waals surface area contributed by atoms with E-state index >= 15 is 0 Å². The first-order valence-electron chi connectivity index (χ1n) is 8.01. The lowest BCUT2D eigenvalue weighted by molar-refractivity contribution is 0.773. The molecule has 1 atom stereocenters. The maximum absolute atomic E-state index is 5.70. The molecule has 0 aliphatic heterocycles. The number of nitrogens with one attached hydrogen (secondary N) is 1. The van der Waals surface area contributed by atoms with E-state index in [1.165, 1.54) is 11.3 Å². The highest BCUT2D eigenvalue weighted by molar-refractivity contribution is 7.15. The summed E-state index contributed by atoms with van der Waals surface area (Å²) in [6.45, 7) is 3.92. The molecule has 132 valence electrons. The van der Waals surface area contributed by atoms with Crippen LogP contribution in [0.2, 0.25) is 0 Å². The zero-order chi connectivity index (χ0) is 18.3. The minimum atomic E-state index is -0.112. The van der Waals surface area contributed by atoms with Crippen molar-refractivity contribution in [1.82, 2.24) is 34.9 Å². The molecule has 0 aromatic carbocycles. The quantitative estimate of drug-likeness (QED) is 0.564. The van der Waals surface area contributed by atoms with E-state index in [-0.39, 0.29) is 6.04 Å². The van der Waals surface area contributed by atoms with Gasteiger partial charge >= 0.3 is 0 Å². The van der Waals surface area contributed by atoms with Crippen LogP contribution in [-0.2, 0) is 7.05 Å².